The Morgan fingerprint density at radius 3 is 2.59 bits per heavy atom. The highest BCUT2D eigenvalue weighted by atomic mass is 32.2. The molecule has 2 rings (SSSR count). The molecule has 0 radical (unpaired) electrons. The lowest BCUT2D eigenvalue weighted by Crippen LogP contribution is -2.36. The quantitative estimate of drug-likeness (QED) is 0.628. The zero-order chi connectivity index (χ0) is 16.0. The first-order valence-corrected chi connectivity index (χ1v) is 8.43. The van der Waals surface area contributed by atoms with Crippen LogP contribution in [-0.2, 0) is 23.0 Å². The second kappa shape index (κ2) is 7.13. The normalized spacial score (nSPS) is 12.3. The first-order chi connectivity index (χ1) is 10.5. The third kappa shape index (κ3) is 4.36. The number of hydrogen-bond acceptors (Lipinski definition) is 4. The standard InChI is InChI=1S/C15H19N3O3S/c1-2-4-12-6-8-14(9-7-12)22(19,20)18-15(16)17-11-13-5-3-10-21-13/h3,5-10H,2,4,11H2,1H3,(H3,16,17,18). The number of hydrogen-bond donors (Lipinski definition) is 2. The van der Waals surface area contributed by atoms with E-state index in [0.717, 1.165) is 18.4 Å². The van der Waals surface area contributed by atoms with E-state index in [1.807, 2.05) is 0 Å². The maximum Gasteiger partial charge on any atom is 0.264 e. The Morgan fingerprint density at radius 2 is 2.00 bits per heavy atom. The lowest BCUT2D eigenvalue weighted by atomic mass is 10.1. The number of sulfonamides is 1. The first kappa shape index (κ1) is 16.1. The Balaban J connectivity index is 2.04. The second-order valence-corrected chi connectivity index (χ2v) is 6.46. The van der Waals surface area contributed by atoms with Crippen LogP contribution in [0.25, 0.3) is 0 Å². The molecule has 0 saturated carbocycles. The summed E-state index contributed by atoms with van der Waals surface area (Å²) >= 11 is 0. The summed E-state index contributed by atoms with van der Waals surface area (Å²) < 4.78 is 31.7. The predicted molar refractivity (Wildman–Crippen MR) is 84.8 cm³/mol. The van der Waals surface area contributed by atoms with Crippen LogP contribution in [0.1, 0.15) is 24.7 Å². The van der Waals surface area contributed by atoms with Crippen molar-refractivity contribution in [2.75, 3.05) is 0 Å². The number of aryl methyl sites for hydroxylation is 1. The molecule has 0 spiro atoms. The first-order valence-electron chi connectivity index (χ1n) is 6.95. The van der Waals surface area contributed by atoms with Crippen LogP contribution in [0.5, 0.6) is 0 Å². The zero-order valence-corrected chi connectivity index (χ0v) is 13.1. The number of nitrogens with two attached hydrogens (primary N) is 1. The molecule has 3 N–H and O–H groups in total. The molecule has 0 aliphatic heterocycles. The van der Waals surface area contributed by atoms with Crippen molar-refractivity contribution in [1.82, 2.24) is 4.72 Å². The zero-order valence-electron chi connectivity index (χ0n) is 12.3. The van der Waals surface area contributed by atoms with Gasteiger partial charge in [0.05, 0.1) is 11.2 Å². The monoisotopic (exact) mass is 321 g/mol. The molecule has 118 valence electrons. The van der Waals surface area contributed by atoms with Gasteiger partial charge in [-0.25, -0.2) is 18.1 Å². The second-order valence-electron chi connectivity index (χ2n) is 4.78. The van der Waals surface area contributed by atoms with Gasteiger partial charge < -0.3 is 10.2 Å². The van der Waals surface area contributed by atoms with Crippen LogP contribution in [0.2, 0.25) is 0 Å². The van der Waals surface area contributed by atoms with Crippen LogP contribution < -0.4 is 10.5 Å². The number of rotatable bonds is 6. The SMILES string of the molecule is CCCc1ccc(S(=O)(=O)NC(N)=NCc2ccco2)cc1. The molecule has 0 fully saturated rings. The van der Waals surface area contributed by atoms with Crippen molar-refractivity contribution < 1.29 is 12.8 Å². The van der Waals surface area contributed by atoms with Crippen molar-refractivity contribution in [1.29, 1.82) is 0 Å². The maximum absolute atomic E-state index is 12.2. The number of nitrogens with zero attached hydrogens (tertiary/aromatic N) is 1. The Bertz CT molecular complexity index is 720. The van der Waals surface area contributed by atoms with Gasteiger partial charge in [0.2, 0.25) is 5.96 Å². The number of furan rings is 1. The molecule has 0 saturated heterocycles. The minimum atomic E-state index is -3.72. The third-order valence-corrected chi connectivity index (χ3v) is 4.37. The fourth-order valence-electron chi connectivity index (χ4n) is 1.92. The molecule has 0 aliphatic carbocycles. The lowest BCUT2D eigenvalue weighted by Gasteiger charge is -2.08. The van der Waals surface area contributed by atoms with Crippen molar-refractivity contribution in [2.45, 2.75) is 31.2 Å². The van der Waals surface area contributed by atoms with E-state index in [9.17, 15) is 8.42 Å². The molecule has 0 amide bonds. The smallest absolute Gasteiger partial charge is 0.264 e. The van der Waals surface area contributed by atoms with Gasteiger partial charge >= 0.3 is 0 Å². The number of nitrogens with one attached hydrogen (secondary N) is 1. The van der Waals surface area contributed by atoms with Crippen LogP contribution in [0.4, 0.5) is 0 Å². The van der Waals surface area contributed by atoms with Gasteiger partial charge in [-0.05, 0) is 36.2 Å². The molecule has 0 atom stereocenters. The van der Waals surface area contributed by atoms with E-state index >= 15 is 0 Å². The molecular formula is C15H19N3O3S. The summed E-state index contributed by atoms with van der Waals surface area (Å²) in [4.78, 5) is 4.09. The van der Waals surface area contributed by atoms with Gasteiger partial charge in [-0.1, -0.05) is 25.5 Å². The lowest BCUT2D eigenvalue weighted by molar-refractivity contribution is 0.512. The Morgan fingerprint density at radius 1 is 1.27 bits per heavy atom. The molecule has 1 aromatic carbocycles. The average molecular weight is 321 g/mol. The van der Waals surface area contributed by atoms with E-state index in [1.165, 1.54) is 6.26 Å². The maximum atomic E-state index is 12.2. The molecule has 2 aromatic rings. The summed E-state index contributed by atoms with van der Waals surface area (Å²) in [5, 5.41) is 0. The summed E-state index contributed by atoms with van der Waals surface area (Å²) in [5.41, 5.74) is 6.71. The Hall–Kier alpha value is -2.28. The van der Waals surface area contributed by atoms with Gasteiger partial charge in [0.15, 0.2) is 0 Å². The summed E-state index contributed by atoms with van der Waals surface area (Å²) in [6, 6.07) is 10.2. The fraction of sp³-hybridized carbons (Fsp3) is 0.267. The fourth-order valence-corrected chi connectivity index (χ4v) is 2.87. The summed E-state index contributed by atoms with van der Waals surface area (Å²) in [6.07, 6.45) is 3.44. The molecule has 0 unspecified atom stereocenters. The highest BCUT2D eigenvalue weighted by Crippen LogP contribution is 2.11. The summed E-state index contributed by atoms with van der Waals surface area (Å²) in [7, 11) is -3.72. The van der Waals surface area contributed by atoms with Gasteiger partial charge in [0, 0.05) is 0 Å². The minimum Gasteiger partial charge on any atom is -0.467 e. The van der Waals surface area contributed by atoms with Crippen LogP contribution in [0.15, 0.2) is 57.0 Å². The highest BCUT2D eigenvalue weighted by molar-refractivity contribution is 7.90. The van der Waals surface area contributed by atoms with Crippen molar-refractivity contribution >= 4 is 16.0 Å². The molecule has 1 aromatic heterocycles. The van der Waals surface area contributed by atoms with Gasteiger partial charge in [0.25, 0.3) is 10.0 Å². The molecule has 0 bridgehead atoms. The largest absolute Gasteiger partial charge is 0.467 e. The number of benzene rings is 1. The minimum absolute atomic E-state index is 0.156. The molecule has 0 aliphatic rings. The van der Waals surface area contributed by atoms with Gasteiger partial charge in [-0.3, -0.25) is 0 Å². The van der Waals surface area contributed by atoms with Crippen molar-refractivity contribution in [3.05, 3.63) is 54.0 Å². The topological polar surface area (TPSA) is 97.7 Å². The summed E-state index contributed by atoms with van der Waals surface area (Å²) in [6.45, 7) is 2.25. The van der Waals surface area contributed by atoms with Crippen LogP contribution in [0.3, 0.4) is 0 Å². The van der Waals surface area contributed by atoms with Gasteiger partial charge in [-0.2, -0.15) is 0 Å². The molecule has 22 heavy (non-hydrogen) atoms. The number of aliphatic imine (C=N–C) groups is 1. The van der Waals surface area contributed by atoms with Crippen molar-refractivity contribution in [3.63, 3.8) is 0 Å². The van der Waals surface area contributed by atoms with E-state index in [2.05, 4.69) is 16.6 Å². The van der Waals surface area contributed by atoms with E-state index in [1.54, 1.807) is 36.4 Å². The predicted octanol–water partition coefficient (Wildman–Crippen LogP) is 2.03. The van der Waals surface area contributed by atoms with Crippen LogP contribution >= 0.6 is 0 Å². The van der Waals surface area contributed by atoms with Crippen LogP contribution in [-0.4, -0.2) is 14.4 Å². The Kier molecular flexibility index (Phi) is 5.21. The van der Waals surface area contributed by atoms with Gasteiger partial charge in [-0.15, -0.1) is 0 Å². The van der Waals surface area contributed by atoms with E-state index in [0.29, 0.717) is 5.76 Å². The van der Waals surface area contributed by atoms with Crippen molar-refractivity contribution in [3.8, 4) is 0 Å². The third-order valence-electron chi connectivity index (χ3n) is 3.00. The molecule has 7 heteroatoms. The van der Waals surface area contributed by atoms with E-state index in [4.69, 9.17) is 10.2 Å². The Labute approximate surface area is 130 Å². The highest BCUT2D eigenvalue weighted by Gasteiger charge is 2.14. The molecule has 1 heterocycles. The number of guanidine groups is 1. The molecular weight excluding hydrogens is 302 g/mol. The molecule has 6 nitrogen and oxygen atoms in total. The van der Waals surface area contributed by atoms with E-state index < -0.39 is 10.0 Å². The average Bonchev–Trinajstić information content (AvgIpc) is 2.99. The van der Waals surface area contributed by atoms with E-state index in [-0.39, 0.29) is 17.4 Å². The van der Waals surface area contributed by atoms with Gasteiger partial charge in [0.1, 0.15) is 12.3 Å². The van der Waals surface area contributed by atoms with Crippen LogP contribution in [0, 0.1) is 0 Å². The summed E-state index contributed by atoms with van der Waals surface area (Å²) in [5.74, 6) is 0.431. The van der Waals surface area contributed by atoms with Crippen molar-refractivity contribution in [2.24, 2.45) is 10.7 Å².